The number of carboxylic acids is 1. The predicted molar refractivity (Wildman–Crippen MR) is 153 cm³/mol. The maximum atomic E-state index is 13.4. The van der Waals surface area contributed by atoms with Crippen molar-refractivity contribution >= 4 is 58.6 Å². The smallest absolute Gasteiger partial charge is 0.337 e. The number of amides is 2. The molecule has 190 valence electrons. The van der Waals surface area contributed by atoms with Crippen molar-refractivity contribution in [1.29, 1.82) is 0 Å². The zero-order valence-corrected chi connectivity index (χ0v) is 21.6. The Bertz CT molecular complexity index is 1480. The van der Waals surface area contributed by atoms with Gasteiger partial charge in [0.05, 0.1) is 10.6 Å². The van der Waals surface area contributed by atoms with Crippen molar-refractivity contribution in [3.05, 3.63) is 131 Å². The molecule has 0 aliphatic carbocycles. The summed E-state index contributed by atoms with van der Waals surface area (Å²) in [5.41, 5.74) is 2.50. The summed E-state index contributed by atoms with van der Waals surface area (Å²) in [5.74, 6) is -1.79. The van der Waals surface area contributed by atoms with Crippen LogP contribution in [0.5, 0.6) is 0 Å². The molecule has 38 heavy (non-hydrogen) atoms. The standard InChI is InChI=1S/C30H23ClN2O4S/c31-26-16-15-23(19-25(26)30(36)37)33-29(35)28(21-10-5-2-6-11-21)38-24-13-7-12-22(18-24)32-27(34)17-14-20-8-3-1-4-9-20/h1-19,28H,(H,32,34)(H,33,35)(H,36,37)/b17-14+. The van der Waals surface area contributed by atoms with E-state index in [0.717, 1.165) is 16.0 Å². The number of thioether (sulfide) groups is 1. The van der Waals surface area contributed by atoms with Crippen molar-refractivity contribution in [3.8, 4) is 0 Å². The lowest BCUT2D eigenvalue weighted by Gasteiger charge is -2.18. The Morgan fingerprint density at radius 3 is 2.18 bits per heavy atom. The second-order valence-electron chi connectivity index (χ2n) is 8.16. The van der Waals surface area contributed by atoms with Crippen LogP contribution in [0.15, 0.2) is 114 Å². The second kappa shape index (κ2) is 12.8. The molecule has 8 heteroatoms. The maximum Gasteiger partial charge on any atom is 0.337 e. The molecule has 0 radical (unpaired) electrons. The van der Waals surface area contributed by atoms with E-state index in [1.165, 1.54) is 30.0 Å². The number of anilines is 2. The lowest BCUT2D eigenvalue weighted by Crippen LogP contribution is -2.19. The topological polar surface area (TPSA) is 95.5 Å². The Balaban J connectivity index is 1.51. The lowest BCUT2D eigenvalue weighted by atomic mass is 10.1. The van der Waals surface area contributed by atoms with Crippen LogP contribution in [0, 0.1) is 0 Å². The summed E-state index contributed by atoms with van der Waals surface area (Å²) < 4.78 is 0. The van der Waals surface area contributed by atoms with Gasteiger partial charge in [-0.2, -0.15) is 0 Å². The molecule has 6 nitrogen and oxygen atoms in total. The fraction of sp³-hybridized carbons (Fsp3) is 0.0333. The van der Waals surface area contributed by atoms with Crippen LogP contribution < -0.4 is 10.6 Å². The first-order valence-corrected chi connectivity index (χ1v) is 12.8. The van der Waals surface area contributed by atoms with E-state index >= 15 is 0 Å². The number of benzene rings is 4. The monoisotopic (exact) mass is 542 g/mol. The van der Waals surface area contributed by atoms with E-state index in [-0.39, 0.29) is 22.4 Å². The molecule has 1 unspecified atom stereocenters. The summed E-state index contributed by atoms with van der Waals surface area (Å²) in [4.78, 5) is 38.0. The van der Waals surface area contributed by atoms with E-state index < -0.39 is 11.2 Å². The van der Waals surface area contributed by atoms with Crippen molar-refractivity contribution in [2.45, 2.75) is 10.1 Å². The zero-order chi connectivity index (χ0) is 26.9. The average Bonchev–Trinajstić information content (AvgIpc) is 2.92. The third-order valence-corrected chi connectivity index (χ3v) is 6.96. The van der Waals surface area contributed by atoms with Gasteiger partial charge in [-0.1, -0.05) is 78.3 Å². The number of rotatable bonds is 9. The Labute approximate surface area is 229 Å². The molecular formula is C30H23ClN2O4S. The molecule has 0 bridgehead atoms. The van der Waals surface area contributed by atoms with Crippen LogP contribution in [0.3, 0.4) is 0 Å². The first-order valence-electron chi connectivity index (χ1n) is 11.6. The van der Waals surface area contributed by atoms with Gasteiger partial charge in [0.1, 0.15) is 5.25 Å². The number of carbonyl (C=O) groups is 3. The van der Waals surface area contributed by atoms with Gasteiger partial charge in [-0.05, 0) is 53.6 Å². The van der Waals surface area contributed by atoms with Crippen molar-refractivity contribution in [1.82, 2.24) is 0 Å². The molecule has 3 N–H and O–H groups in total. The Kier molecular flexibility index (Phi) is 8.98. The molecule has 0 spiro atoms. The highest BCUT2D eigenvalue weighted by Crippen LogP contribution is 2.37. The number of carboxylic acid groups (broad SMARTS) is 1. The summed E-state index contributed by atoms with van der Waals surface area (Å²) in [5, 5.41) is 14.4. The molecule has 0 aliphatic rings. The van der Waals surface area contributed by atoms with Crippen LogP contribution in [-0.4, -0.2) is 22.9 Å². The molecule has 2 amide bonds. The normalized spacial score (nSPS) is 11.6. The fourth-order valence-electron chi connectivity index (χ4n) is 3.58. The Morgan fingerprint density at radius 2 is 1.47 bits per heavy atom. The first kappa shape index (κ1) is 26.7. The molecule has 4 aromatic carbocycles. The lowest BCUT2D eigenvalue weighted by molar-refractivity contribution is -0.116. The van der Waals surface area contributed by atoms with Crippen molar-refractivity contribution in [3.63, 3.8) is 0 Å². The largest absolute Gasteiger partial charge is 0.478 e. The molecule has 0 saturated carbocycles. The number of carbonyl (C=O) groups excluding carboxylic acids is 2. The Morgan fingerprint density at radius 1 is 0.789 bits per heavy atom. The van der Waals surface area contributed by atoms with Crippen molar-refractivity contribution < 1.29 is 19.5 Å². The first-order chi connectivity index (χ1) is 18.4. The molecule has 0 fully saturated rings. The number of halogens is 1. The van der Waals surface area contributed by atoms with Crippen LogP contribution in [0.25, 0.3) is 6.08 Å². The molecule has 0 aliphatic heterocycles. The molecule has 4 aromatic rings. The van der Waals surface area contributed by atoms with Gasteiger partial charge in [0.2, 0.25) is 11.8 Å². The maximum absolute atomic E-state index is 13.4. The molecule has 0 saturated heterocycles. The number of hydrogen-bond donors (Lipinski definition) is 3. The van der Waals surface area contributed by atoms with Gasteiger partial charge in [-0.25, -0.2) is 4.79 Å². The van der Waals surface area contributed by atoms with Gasteiger partial charge < -0.3 is 15.7 Å². The third kappa shape index (κ3) is 7.35. The highest BCUT2D eigenvalue weighted by atomic mass is 35.5. The van der Waals surface area contributed by atoms with E-state index in [1.54, 1.807) is 30.3 Å². The average molecular weight is 543 g/mol. The number of aromatic carboxylic acids is 1. The summed E-state index contributed by atoms with van der Waals surface area (Å²) in [6.07, 6.45) is 3.20. The van der Waals surface area contributed by atoms with Crippen LogP contribution in [-0.2, 0) is 9.59 Å². The molecule has 1 atom stereocenters. The van der Waals surface area contributed by atoms with Crippen LogP contribution in [0.4, 0.5) is 11.4 Å². The van der Waals surface area contributed by atoms with E-state index in [0.29, 0.717) is 11.4 Å². The highest BCUT2D eigenvalue weighted by molar-refractivity contribution is 8.00. The summed E-state index contributed by atoms with van der Waals surface area (Å²) in [6.45, 7) is 0. The highest BCUT2D eigenvalue weighted by Gasteiger charge is 2.23. The minimum Gasteiger partial charge on any atom is -0.478 e. The number of nitrogens with one attached hydrogen (secondary N) is 2. The quantitative estimate of drug-likeness (QED) is 0.154. The number of hydrogen-bond acceptors (Lipinski definition) is 4. The SMILES string of the molecule is O=C(/C=C/c1ccccc1)Nc1cccc(SC(C(=O)Nc2ccc(Cl)c(C(=O)O)c2)c2ccccc2)c1. The van der Waals surface area contributed by atoms with E-state index in [1.807, 2.05) is 66.7 Å². The van der Waals surface area contributed by atoms with Crippen molar-refractivity contribution in [2.24, 2.45) is 0 Å². The molecule has 4 rings (SSSR count). The van der Waals surface area contributed by atoms with Gasteiger partial charge in [0.25, 0.3) is 0 Å². The van der Waals surface area contributed by atoms with Gasteiger partial charge in [-0.15, -0.1) is 11.8 Å². The van der Waals surface area contributed by atoms with E-state index in [2.05, 4.69) is 10.6 Å². The zero-order valence-electron chi connectivity index (χ0n) is 20.0. The van der Waals surface area contributed by atoms with Gasteiger partial charge in [-0.3, -0.25) is 9.59 Å². The summed E-state index contributed by atoms with van der Waals surface area (Å²) in [7, 11) is 0. The second-order valence-corrected chi connectivity index (χ2v) is 9.74. The van der Waals surface area contributed by atoms with Crippen LogP contribution >= 0.6 is 23.4 Å². The van der Waals surface area contributed by atoms with E-state index in [9.17, 15) is 19.5 Å². The van der Waals surface area contributed by atoms with Gasteiger partial charge in [0, 0.05) is 22.3 Å². The fourth-order valence-corrected chi connectivity index (χ4v) is 4.86. The minimum atomic E-state index is -1.18. The van der Waals surface area contributed by atoms with Crippen LogP contribution in [0.1, 0.15) is 26.7 Å². The predicted octanol–water partition coefficient (Wildman–Crippen LogP) is 7.16. The summed E-state index contributed by atoms with van der Waals surface area (Å²) >= 11 is 7.27. The molecular weight excluding hydrogens is 520 g/mol. The Hall–Kier alpha value is -4.33. The third-order valence-electron chi connectivity index (χ3n) is 5.39. The van der Waals surface area contributed by atoms with E-state index in [4.69, 9.17) is 11.6 Å². The van der Waals surface area contributed by atoms with Gasteiger partial charge >= 0.3 is 5.97 Å². The molecule has 0 aromatic heterocycles. The minimum absolute atomic E-state index is 0.0851. The van der Waals surface area contributed by atoms with Crippen molar-refractivity contribution in [2.75, 3.05) is 10.6 Å². The molecule has 0 heterocycles. The van der Waals surface area contributed by atoms with Crippen LogP contribution in [0.2, 0.25) is 5.02 Å². The summed E-state index contributed by atoms with van der Waals surface area (Å²) in [6, 6.07) is 30.3. The van der Waals surface area contributed by atoms with Gasteiger partial charge in [0.15, 0.2) is 0 Å².